The number of benzene rings is 2. The molecule has 1 heterocycles. The van der Waals surface area contributed by atoms with E-state index in [0.29, 0.717) is 5.69 Å². The van der Waals surface area contributed by atoms with Crippen molar-refractivity contribution in [2.45, 2.75) is 52.3 Å². The Hall–Kier alpha value is -3.59. The number of carbonyl (C=O) groups is 2. The summed E-state index contributed by atoms with van der Waals surface area (Å²) in [6.07, 6.45) is -3.32. The van der Waals surface area contributed by atoms with Crippen LogP contribution in [0.15, 0.2) is 54.7 Å². The molecule has 0 aliphatic heterocycles. The molecule has 1 amide bonds. The molecular weight excluding hydrogens is 533 g/mol. The molecule has 2 aromatic carbocycles. The van der Waals surface area contributed by atoms with Crippen LogP contribution in [0.3, 0.4) is 0 Å². The summed E-state index contributed by atoms with van der Waals surface area (Å²) in [5, 5.41) is -0.0502. The molecule has 0 aliphatic rings. The lowest BCUT2D eigenvalue weighted by molar-refractivity contribution is -0.155. The summed E-state index contributed by atoms with van der Waals surface area (Å²) in [6, 6.07) is 12.4. The molecule has 0 unspecified atom stereocenters. The summed E-state index contributed by atoms with van der Waals surface area (Å²) in [4.78, 5) is 30.6. The van der Waals surface area contributed by atoms with Gasteiger partial charge in [-0.15, -0.1) is 0 Å². The minimum absolute atomic E-state index is 0.00870. The Balaban J connectivity index is 2.00. The van der Waals surface area contributed by atoms with Crippen LogP contribution < -0.4 is 9.64 Å². The Kier molecular flexibility index (Phi) is 9.27. The van der Waals surface area contributed by atoms with Gasteiger partial charge in [-0.3, -0.25) is 14.6 Å². The standard InChI is InChI=1S/C29H30ClF3N2O4/c1-18-10-6-7-12-23(18)35(5)27(37)21-16-20(19-11-8-14-34-26(19)29(31,32)33)22(30)17-24(21)38-15-9-13-25(36)39-28(2,3)4/h6-8,10-12,14,16-17H,9,13,15H2,1-5H3. The summed E-state index contributed by atoms with van der Waals surface area (Å²) in [6.45, 7) is 7.18. The largest absolute Gasteiger partial charge is 0.493 e. The van der Waals surface area contributed by atoms with Gasteiger partial charge in [0.1, 0.15) is 11.4 Å². The van der Waals surface area contributed by atoms with Gasteiger partial charge in [0.2, 0.25) is 0 Å². The molecule has 10 heteroatoms. The highest BCUT2D eigenvalue weighted by atomic mass is 35.5. The Morgan fingerprint density at radius 1 is 1.03 bits per heavy atom. The molecule has 0 spiro atoms. The second-order valence-corrected chi connectivity index (χ2v) is 10.3. The van der Waals surface area contributed by atoms with Gasteiger partial charge in [0, 0.05) is 42.5 Å². The first-order chi connectivity index (χ1) is 18.2. The SMILES string of the molecule is Cc1ccccc1N(C)C(=O)c1cc(-c2cccnc2C(F)(F)F)c(Cl)cc1OCCCC(=O)OC(C)(C)C. The number of nitrogens with zero attached hydrogens (tertiary/aromatic N) is 2. The molecule has 6 nitrogen and oxygen atoms in total. The quantitative estimate of drug-likeness (QED) is 0.210. The lowest BCUT2D eigenvalue weighted by Gasteiger charge is -2.22. The highest BCUT2D eigenvalue weighted by molar-refractivity contribution is 6.34. The molecule has 3 aromatic rings. The number of ether oxygens (including phenoxy) is 2. The fourth-order valence-corrected chi connectivity index (χ4v) is 4.17. The van der Waals surface area contributed by atoms with Crippen molar-refractivity contribution >= 4 is 29.2 Å². The molecule has 39 heavy (non-hydrogen) atoms. The van der Waals surface area contributed by atoms with Crippen LogP contribution in [-0.4, -0.2) is 36.1 Å². The first kappa shape index (κ1) is 30.0. The number of anilines is 1. The monoisotopic (exact) mass is 562 g/mol. The fourth-order valence-electron chi connectivity index (χ4n) is 3.92. The zero-order valence-corrected chi connectivity index (χ0v) is 23.1. The Morgan fingerprint density at radius 3 is 2.36 bits per heavy atom. The second kappa shape index (κ2) is 12.1. The smallest absolute Gasteiger partial charge is 0.433 e. The average Bonchev–Trinajstić information content (AvgIpc) is 2.84. The van der Waals surface area contributed by atoms with E-state index in [0.717, 1.165) is 11.8 Å². The first-order valence-electron chi connectivity index (χ1n) is 12.2. The number of esters is 1. The van der Waals surface area contributed by atoms with E-state index in [1.54, 1.807) is 40.0 Å². The lowest BCUT2D eigenvalue weighted by atomic mass is 9.99. The summed E-state index contributed by atoms with van der Waals surface area (Å²) in [7, 11) is 1.57. The van der Waals surface area contributed by atoms with Crippen molar-refractivity contribution in [2.24, 2.45) is 0 Å². The third-order valence-corrected chi connectivity index (χ3v) is 5.96. The van der Waals surface area contributed by atoms with Crippen LogP contribution in [0.2, 0.25) is 5.02 Å². The van der Waals surface area contributed by atoms with Gasteiger partial charge < -0.3 is 14.4 Å². The molecule has 208 valence electrons. The number of alkyl halides is 3. The van der Waals surface area contributed by atoms with E-state index in [1.165, 1.54) is 29.2 Å². The van der Waals surface area contributed by atoms with Crippen molar-refractivity contribution in [1.29, 1.82) is 0 Å². The second-order valence-electron chi connectivity index (χ2n) is 9.91. The third kappa shape index (κ3) is 7.72. The van der Waals surface area contributed by atoms with Crippen LogP contribution in [0.25, 0.3) is 11.1 Å². The molecule has 0 aliphatic carbocycles. The van der Waals surface area contributed by atoms with Crippen LogP contribution in [0.1, 0.15) is 55.2 Å². The zero-order chi connectivity index (χ0) is 29.0. The van der Waals surface area contributed by atoms with Gasteiger partial charge in [-0.2, -0.15) is 13.2 Å². The van der Waals surface area contributed by atoms with E-state index < -0.39 is 29.3 Å². The maximum Gasteiger partial charge on any atom is 0.433 e. The molecule has 0 radical (unpaired) electrons. The van der Waals surface area contributed by atoms with E-state index in [4.69, 9.17) is 21.1 Å². The molecule has 0 saturated carbocycles. The fraction of sp³-hybridized carbons (Fsp3) is 0.345. The van der Waals surface area contributed by atoms with Gasteiger partial charge in [0.25, 0.3) is 5.91 Å². The van der Waals surface area contributed by atoms with Gasteiger partial charge in [-0.1, -0.05) is 35.9 Å². The molecule has 0 saturated heterocycles. The Bertz CT molecular complexity index is 1350. The molecular formula is C29H30ClF3N2O4. The van der Waals surface area contributed by atoms with Crippen LogP contribution in [0.4, 0.5) is 18.9 Å². The number of pyridine rings is 1. The van der Waals surface area contributed by atoms with E-state index in [1.807, 2.05) is 19.1 Å². The first-order valence-corrected chi connectivity index (χ1v) is 12.6. The molecule has 0 atom stereocenters. The highest BCUT2D eigenvalue weighted by Crippen LogP contribution is 2.41. The number of amides is 1. The van der Waals surface area contributed by atoms with E-state index in [2.05, 4.69) is 4.98 Å². The molecule has 3 rings (SSSR count). The number of rotatable bonds is 8. The van der Waals surface area contributed by atoms with Crippen molar-refractivity contribution in [3.8, 4) is 16.9 Å². The van der Waals surface area contributed by atoms with Crippen molar-refractivity contribution in [3.05, 3.63) is 76.6 Å². The van der Waals surface area contributed by atoms with Crippen LogP contribution in [0, 0.1) is 6.92 Å². The summed E-state index contributed by atoms with van der Waals surface area (Å²) >= 11 is 6.45. The van der Waals surface area contributed by atoms with Crippen molar-refractivity contribution in [3.63, 3.8) is 0 Å². The van der Waals surface area contributed by atoms with E-state index >= 15 is 0 Å². The number of aromatic nitrogens is 1. The Morgan fingerprint density at radius 2 is 1.72 bits per heavy atom. The number of halogens is 4. The average molecular weight is 563 g/mol. The molecule has 1 aromatic heterocycles. The van der Waals surface area contributed by atoms with Gasteiger partial charge in [-0.25, -0.2) is 0 Å². The van der Waals surface area contributed by atoms with Crippen LogP contribution in [-0.2, 0) is 15.7 Å². The number of carbonyl (C=O) groups excluding carboxylic acids is 2. The predicted molar refractivity (Wildman–Crippen MR) is 144 cm³/mol. The highest BCUT2D eigenvalue weighted by Gasteiger charge is 2.36. The molecule has 0 N–H and O–H groups in total. The van der Waals surface area contributed by atoms with Crippen LogP contribution in [0.5, 0.6) is 5.75 Å². The summed E-state index contributed by atoms with van der Waals surface area (Å²) < 4.78 is 52.3. The maximum absolute atomic E-state index is 13.7. The minimum Gasteiger partial charge on any atom is -0.493 e. The number of hydrogen-bond acceptors (Lipinski definition) is 5. The normalized spacial score (nSPS) is 11.7. The third-order valence-electron chi connectivity index (χ3n) is 5.65. The van der Waals surface area contributed by atoms with Gasteiger partial charge >= 0.3 is 12.1 Å². The maximum atomic E-state index is 13.7. The predicted octanol–water partition coefficient (Wildman–Crippen LogP) is 7.51. The van der Waals surface area contributed by atoms with Crippen molar-refractivity contribution in [1.82, 2.24) is 4.98 Å². The zero-order valence-electron chi connectivity index (χ0n) is 22.4. The molecule has 0 fully saturated rings. The van der Waals surface area contributed by atoms with E-state index in [9.17, 15) is 22.8 Å². The summed E-state index contributed by atoms with van der Waals surface area (Å²) in [5.74, 6) is -0.830. The van der Waals surface area contributed by atoms with E-state index in [-0.39, 0.29) is 46.9 Å². The number of para-hydroxylation sites is 1. The minimum atomic E-state index is -4.74. The van der Waals surface area contributed by atoms with Crippen molar-refractivity contribution < 1.29 is 32.2 Å². The van der Waals surface area contributed by atoms with Gasteiger partial charge in [0.15, 0.2) is 5.69 Å². The van der Waals surface area contributed by atoms with Crippen LogP contribution >= 0.6 is 11.6 Å². The number of aryl methyl sites for hydroxylation is 1. The van der Waals surface area contributed by atoms with Gasteiger partial charge in [0.05, 0.1) is 17.2 Å². The summed E-state index contributed by atoms with van der Waals surface area (Å²) in [5.41, 5.74) is -0.569. The lowest BCUT2D eigenvalue weighted by Crippen LogP contribution is -2.27. The number of hydrogen-bond donors (Lipinski definition) is 0. The van der Waals surface area contributed by atoms with Gasteiger partial charge in [-0.05, 0) is 57.9 Å². The van der Waals surface area contributed by atoms with Crippen molar-refractivity contribution in [2.75, 3.05) is 18.6 Å². The Labute approximate surface area is 230 Å². The topological polar surface area (TPSA) is 68.7 Å². The molecule has 0 bridgehead atoms.